The molecule has 0 bridgehead atoms. The third kappa shape index (κ3) is 2.97. The Kier molecular flexibility index (Phi) is 5.22. The molecule has 0 radical (unpaired) electrons. The molecule has 0 unspecified atom stereocenters. The summed E-state index contributed by atoms with van der Waals surface area (Å²) in [5.74, 6) is 0.901. The lowest BCUT2D eigenvalue weighted by atomic mass is 10.2. The minimum absolute atomic E-state index is 0. The van der Waals surface area contributed by atoms with E-state index in [1.807, 2.05) is 37.3 Å². The van der Waals surface area contributed by atoms with Crippen molar-refractivity contribution in [3.63, 3.8) is 0 Å². The van der Waals surface area contributed by atoms with Gasteiger partial charge in [0.15, 0.2) is 0 Å². The number of benzene rings is 1. The maximum Gasteiger partial charge on any atom is 0.118 e. The van der Waals surface area contributed by atoms with Crippen molar-refractivity contribution < 1.29 is 4.74 Å². The lowest BCUT2D eigenvalue weighted by Gasteiger charge is -1.98. The number of hydrogen-bond acceptors (Lipinski definition) is 1. The van der Waals surface area contributed by atoms with Gasteiger partial charge in [0.25, 0.3) is 0 Å². The molecule has 0 atom stereocenters. The summed E-state index contributed by atoms with van der Waals surface area (Å²) in [5, 5.41) is 0. The highest BCUT2D eigenvalue weighted by molar-refractivity contribution is 5.85. The highest BCUT2D eigenvalue weighted by atomic mass is 35.5. The highest BCUT2D eigenvalue weighted by Crippen LogP contribution is 2.11. The summed E-state index contributed by atoms with van der Waals surface area (Å²) in [6.07, 6.45) is 4.07. The molecule has 0 heterocycles. The van der Waals surface area contributed by atoms with Gasteiger partial charge in [-0.15, -0.1) is 12.4 Å². The summed E-state index contributed by atoms with van der Waals surface area (Å²) in [5.41, 5.74) is 1.20. The first kappa shape index (κ1) is 11.1. The minimum Gasteiger partial charge on any atom is -0.497 e. The number of methoxy groups -OCH3 is 1. The van der Waals surface area contributed by atoms with Gasteiger partial charge in [-0.25, -0.2) is 0 Å². The van der Waals surface area contributed by atoms with Crippen LogP contribution in [0.4, 0.5) is 0 Å². The average molecular weight is 185 g/mol. The molecule has 0 aliphatic carbocycles. The number of halogens is 1. The van der Waals surface area contributed by atoms with Crippen molar-refractivity contribution in [3.05, 3.63) is 35.9 Å². The Labute approximate surface area is 79.5 Å². The monoisotopic (exact) mass is 184 g/mol. The molecule has 0 amide bonds. The van der Waals surface area contributed by atoms with Crippen molar-refractivity contribution in [2.45, 2.75) is 6.92 Å². The van der Waals surface area contributed by atoms with Crippen molar-refractivity contribution in [3.8, 4) is 5.75 Å². The Balaban J connectivity index is 0.00000121. The number of allylic oxidation sites excluding steroid dienone is 1. The van der Waals surface area contributed by atoms with E-state index < -0.39 is 0 Å². The first-order chi connectivity index (χ1) is 5.36. The van der Waals surface area contributed by atoms with Gasteiger partial charge in [-0.05, 0) is 24.6 Å². The van der Waals surface area contributed by atoms with Gasteiger partial charge in [0.1, 0.15) is 5.75 Å². The quantitative estimate of drug-likeness (QED) is 0.686. The zero-order chi connectivity index (χ0) is 8.10. The normalized spacial score (nSPS) is 9.50. The van der Waals surface area contributed by atoms with Crippen molar-refractivity contribution in [1.82, 2.24) is 0 Å². The SMILES string of the molecule is C/C=C/c1ccc(OC)cc1.Cl. The van der Waals surface area contributed by atoms with Gasteiger partial charge in [0.05, 0.1) is 7.11 Å². The molecule has 0 N–H and O–H groups in total. The predicted molar refractivity (Wildman–Crippen MR) is 55.0 cm³/mol. The Morgan fingerprint density at radius 2 is 1.75 bits per heavy atom. The molecule has 1 aromatic rings. The van der Waals surface area contributed by atoms with Gasteiger partial charge in [-0.3, -0.25) is 0 Å². The Morgan fingerprint density at radius 1 is 1.17 bits per heavy atom. The first-order valence-electron chi connectivity index (χ1n) is 3.63. The molecule has 0 fully saturated rings. The second-order valence-corrected chi connectivity index (χ2v) is 2.27. The van der Waals surface area contributed by atoms with Crippen molar-refractivity contribution in [2.75, 3.05) is 7.11 Å². The summed E-state index contributed by atoms with van der Waals surface area (Å²) >= 11 is 0. The molecular formula is C10H13ClO. The van der Waals surface area contributed by atoms with Crippen molar-refractivity contribution in [1.29, 1.82) is 0 Å². The van der Waals surface area contributed by atoms with Crippen molar-refractivity contribution in [2.24, 2.45) is 0 Å². The van der Waals surface area contributed by atoms with E-state index in [2.05, 4.69) is 6.08 Å². The molecule has 0 saturated heterocycles. The fourth-order valence-electron chi connectivity index (χ4n) is 0.907. The zero-order valence-corrected chi connectivity index (χ0v) is 8.10. The first-order valence-corrected chi connectivity index (χ1v) is 3.63. The van der Waals surface area contributed by atoms with E-state index in [0.29, 0.717) is 0 Å². The third-order valence-corrected chi connectivity index (χ3v) is 1.47. The van der Waals surface area contributed by atoms with E-state index in [4.69, 9.17) is 4.74 Å². The van der Waals surface area contributed by atoms with Crippen LogP contribution in [0.1, 0.15) is 12.5 Å². The smallest absolute Gasteiger partial charge is 0.118 e. The van der Waals surface area contributed by atoms with Crippen LogP contribution < -0.4 is 4.74 Å². The van der Waals surface area contributed by atoms with Gasteiger partial charge in [-0.1, -0.05) is 24.3 Å². The number of ether oxygens (including phenoxy) is 1. The summed E-state index contributed by atoms with van der Waals surface area (Å²) < 4.78 is 5.02. The van der Waals surface area contributed by atoms with Gasteiger partial charge in [0.2, 0.25) is 0 Å². The maximum atomic E-state index is 5.02. The number of hydrogen-bond donors (Lipinski definition) is 0. The Morgan fingerprint density at radius 3 is 2.17 bits per heavy atom. The summed E-state index contributed by atoms with van der Waals surface area (Å²) in [7, 11) is 1.67. The molecule has 66 valence electrons. The molecule has 0 spiro atoms. The molecule has 1 nitrogen and oxygen atoms in total. The maximum absolute atomic E-state index is 5.02. The van der Waals surface area contributed by atoms with E-state index in [0.717, 1.165) is 5.75 Å². The molecule has 1 rings (SSSR count). The minimum atomic E-state index is 0. The Hall–Kier alpha value is -0.950. The second kappa shape index (κ2) is 5.67. The average Bonchev–Trinajstić information content (AvgIpc) is 2.07. The van der Waals surface area contributed by atoms with Crippen LogP contribution in [0, 0.1) is 0 Å². The van der Waals surface area contributed by atoms with Crippen LogP contribution in [0.5, 0.6) is 5.75 Å². The zero-order valence-electron chi connectivity index (χ0n) is 7.28. The molecule has 2 heteroatoms. The standard InChI is InChI=1S/C10H12O.ClH/c1-3-4-9-5-7-10(11-2)8-6-9;/h3-8H,1-2H3;1H/b4-3+;. The fraction of sp³-hybridized carbons (Fsp3) is 0.200. The van der Waals surface area contributed by atoms with Crippen molar-refractivity contribution >= 4 is 18.5 Å². The highest BCUT2D eigenvalue weighted by Gasteiger charge is 1.87. The van der Waals surface area contributed by atoms with E-state index in [9.17, 15) is 0 Å². The molecule has 0 aliphatic heterocycles. The van der Waals surface area contributed by atoms with Gasteiger partial charge in [-0.2, -0.15) is 0 Å². The second-order valence-electron chi connectivity index (χ2n) is 2.27. The fourth-order valence-corrected chi connectivity index (χ4v) is 0.907. The lowest BCUT2D eigenvalue weighted by molar-refractivity contribution is 0.415. The Bertz CT molecular complexity index is 239. The molecule has 0 saturated carbocycles. The van der Waals surface area contributed by atoms with E-state index >= 15 is 0 Å². The molecule has 1 aromatic carbocycles. The predicted octanol–water partition coefficient (Wildman–Crippen LogP) is 3.15. The largest absolute Gasteiger partial charge is 0.497 e. The van der Waals surface area contributed by atoms with Crippen LogP contribution in [-0.4, -0.2) is 7.11 Å². The molecule has 12 heavy (non-hydrogen) atoms. The summed E-state index contributed by atoms with van der Waals surface area (Å²) in [6, 6.07) is 7.96. The number of rotatable bonds is 2. The lowest BCUT2D eigenvalue weighted by Crippen LogP contribution is -1.80. The van der Waals surface area contributed by atoms with Crippen LogP contribution in [0.2, 0.25) is 0 Å². The van der Waals surface area contributed by atoms with E-state index in [1.165, 1.54) is 5.56 Å². The topological polar surface area (TPSA) is 9.23 Å². The van der Waals surface area contributed by atoms with Crippen LogP contribution in [-0.2, 0) is 0 Å². The summed E-state index contributed by atoms with van der Waals surface area (Å²) in [6.45, 7) is 2.00. The van der Waals surface area contributed by atoms with E-state index in [-0.39, 0.29) is 12.4 Å². The summed E-state index contributed by atoms with van der Waals surface area (Å²) in [4.78, 5) is 0. The van der Waals surface area contributed by atoms with Gasteiger partial charge >= 0.3 is 0 Å². The van der Waals surface area contributed by atoms with Crippen LogP contribution >= 0.6 is 12.4 Å². The van der Waals surface area contributed by atoms with E-state index in [1.54, 1.807) is 7.11 Å². The van der Waals surface area contributed by atoms with Crippen LogP contribution in [0.3, 0.4) is 0 Å². The van der Waals surface area contributed by atoms with Crippen LogP contribution in [0.15, 0.2) is 30.3 Å². The molecule has 0 aromatic heterocycles. The third-order valence-electron chi connectivity index (χ3n) is 1.47. The van der Waals surface area contributed by atoms with Gasteiger partial charge < -0.3 is 4.74 Å². The molecular weight excluding hydrogens is 172 g/mol. The van der Waals surface area contributed by atoms with Crippen LogP contribution in [0.25, 0.3) is 6.08 Å². The van der Waals surface area contributed by atoms with Gasteiger partial charge in [0, 0.05) is 0 Å². The molecule has 0 aliphatic rings.